The van der Waals surface area contributed by atoms with Crippen LogP contribution in [0.1, 0.15) is 42.5 Å². The molecule has 25 heavy (non-hydrogen) atoms. The molecular formula is C20H23NO3S. The molecule has 1 N–H and O–H groups in total. The Morgan fingerprint density at radius 2 is 1.76 bits per heavy atom. The zero-order valence-corrected chi connectivity index (χ0v) is 15.6. The van der Waals surface area contributed by atoms with Gasteiger partial charge in [0.05, 0.1) is 16.4 Å². The van der Waals surface area contributed by atoms with Crippen molar-refractivity contribution in [2.24, 2.45) is 0 Å². The van der Waals surface area contributed by atoms with Gasteiger partial charge in [0, 0.05) is 6.26 Å². The first-order valence-electron chi connectivity index (χ1n) is 8.40. The van der Waals surface area contributed by atoms with Crippen LogP contribution in [0.4, 0.5) is 0 Å². The van der Waals surface area contributed by atoms with Crippen molar-refractivity contribution >= 4 is 15.7 Å². The number of sulfone groups is 1. The second-order valence-electron chi connectivity index (χ2n) is 6.99. The summed E-state index contributed by atoms with van der Waals surface area (Å²) in [5, 5.41) is 3.09. The summed E-state index contributed by atoms with van der Waals surface area (Å²) >= 11 is 0. The molecular weight excluding hydrogens is 334 g/mol. The Hall–Kier alpha value is -2.14. The zero-order valence-electron chi connectivity index (χ0n) is 14.7. The third-order valence-electron chi connectivity index (χ3n) is 4.91. The number of carbonyl (C=O) groups is 1. The molecule has 4 nitrogen and oxygen atoms in total. The van der Waals surface area contributed by atoms with Gasteiger partial charge in [-0.25, -0.2) is 8.42 Å². The second-order valence-corrected chi connectivity index (χ2v) is 9.00. The van der Waals surface area contributed by atoms with Crippen molar-refractivity contribution in [1.29, 1.82) is 0 Å². The average molecular weight is 357 g/mol. The summed E-state index contributed by atoms with van der Waals surface area (Å²) in [6.45, 7) is 3.95. The van der Waals surface area contributed by atoms with E-state index in [1.807, 2.05) is 32.0 Å². The quantitative estimate of drug-likeness (QED) is 0.893. The molecule has 1 fully saturated rings. The molecule has 5 heteroatoms. The molecule has 0 aromatic heterocycles. The number of aryl methyl sites for hydroxylation is 1. The summed E-state index contributed by atoms with van der Waals surface area (Å²) in [5.41, 5.74) is 2.71. The van der Waals surface area contributed by atoms with E-state index in [0.717, 1.165) is 29.5 Å². The van der Waals surface area contributed by atoms with Gasteiger partial charge in [0.15, 0.2) is 9.84 Å². The molecule has 0 unspecified atom stereocenters. The molecule has 1 atom stereocenters. The maximum Gasteiger partial charge on any atom is 0.231 e. The van der Waals surface area contributed by atoms with Gasteiger partial charge < -0.3 is 5.32 Å². The van der Waals surface area contributed by atoms with Crippen molar-refractivity contribution < 1.29 is 13.2 Å². The molecule has 1 aliphatic rings. The van der Waals surface area contributed by atoms with Gasteiger partial charge in [0.2, 0.25) is 5.91 Å². The Morgan fingerprint density at radius 1 is 1.12 bits per heavy atom. The maximum atomic E-state index is 12.8. The first-order valence-corrected chi connectivity index (χ1v) is 10.3. The van der Waals surface area contributed by atoms with Crippen LogP contribution in [0.2, 0.25) is 0 Å². The van der Waals surface area contributed by atoms with E-state index < -0.39 is 15.3 Å². The first kappa shape index (κ1) is 17.7. The van der Waals surface area contributed by atoms with Crippen LogP contribution in [-0.4, -0.2) is 20.6 Å². The highest BCUT2D eigenvalue weighted by atomic mass is 32.2. The van der Waals surface area contributed by atoms with E-state index in [4.69, 9.17) is 0 Å². The van der Waals surface area contributed by atoms with Crippen molar-refractivity contribution in [2.45, 2.75) is 43.0 Å². The van der Waals surface area contributed by atoms with Crippen LogP contribution >= 0.6 is 0 Å². The highest BCUT2D eigenvalue weighted by Crippen LogP contribution is 2.48. The van der Waals surface area contributed by atoms with Crippen molar-refractivity contribution in [2.75, 3.05) is 6.26 Å². The van der Waals surface area contributed by atoms with Gasteiger partial charge >= 0.3 is 0 Å². The minimum Gasteiger partial charge on any atom is -0.349 e. The predicted octanol–water partition coefficient (Wildman–Crippen LogP) is 3.31. The van der Waals surface area contributed by atoms with Crippen molar-refractivity contribution in [3.8, 4) is 0 Å². The fourth-order valence-electron chi connectivity index (χ4n) is 3.14. The molecule has 2 aromatic carbocycles. The summed E-state index contributed by atoms with van der Waals surface area (Å²) < 4.78 is 23.1. The Kier molecular flexibility index (Phi) is 4.45. The first-order chi connectivity index (χ1) is 11.7. The highest BCUT2D eigenvalue weighted by Gasteiger charge is 2.51. The molecule has 1 aliphatic carbocycles. The van der Waals surface area contributed by atoms with Gasteiger partial charge in [-0.05, 0) is 49.9 Å². The van der Waals surface area contributed by atoms with Gasteiger partial charge in [-0.2, -0.15) is 0 Å². The lowest BCUT2D eigenvalue weighted by Crippen LogP contribution is -2.36. The molecule has 3 rings (SSSR count). The van der Waals surface area contributed by atoms with E-state index in [-0.39, 0.29) is 16.8 Å². The molecule has 2 aromatic rings. The van der Waals surface area contributed by atoms with Gasteiger partial charge in [0.25, 0.3) is 0 Å². The Balaban J connectivity index is 1.75. The van der Waals surface area contributed by atoms with E-state index in [0.29, 0.717) is 0 Å². The lowest BCUT2D eigenvalue weighted by Gasteiger charge is -2.21. The molecule has 0 bridgehead atoms. The Labute approximate surface area is 149 Å². The third kappa shape index (κ3) is 3.61. The van der Waals surface area contributed by atoms with E-state index in [1.54, 1.807) is 24.3 Å². The second kappa shape index (κ2) is 6.30. The highest BCUT2D eigenvalue weighted by molar-refractivity contribution is 7.90. The van der Waals surface area contributed by atoms with E-state index >= 15 is 0 Å². The lowest BCUT2D eigenvalue weighted by molar-refractivity contribution is -0.124. The van der Waals surface area contributed by atoms with Crippen LogP contribution in [0.25, 0.3) is 0 Å². The number of hydrogen-bond donors (Lipinski definition) is 1. The summed E-state index contributed by atoms with van der Waals surface area (Å²) in [4.78, 5) is 13.1. The SMILES string of the molecule is Cc1cccc(C2(C(=O)N[C@H](C)c3ccc(S(C)(=O)=O)cc3)CC2)c1. The number of amides is 1. The zero-order chi connectivity index (χ0) is 18.2. The molecule has 0 aliphatic heterocycles. The minimum absolute atomic E-state index is 0.0396. The van der Waals surface area contributed by atoms with Crippen LogP contribution in [0.15, 0.2) is 53.4 Å². The van der Waals surface area contributed by atoms with Crippen LogP contribution < -0.4 is 5.32 Å². The van der Waals surface area contributed by atoms with Crippen molar-refractivity contribution in [1.82, 2.24) is 5.32 Å². The topological polar surface area (TPSA) is 63.2 Å². The summed E-state index contributed by atoms with van der Waals surface area (Å²) in [6.07, 6.45) is 2.91. The molecule has 0 radical (unpaired) electrons. The lowest BCUT2D eigenvalue weighted by atomic mass is 9.93. The number of rotatable bonds is 5. The van der Waals surface area contributed by atoms with Gasteiger partial charge in [-0.1, -0.05) is 42.0 Å². The fraction of sp³-hybridized carbons (Fsp3) is 0.350. The monoisotopic (exact) mass is 357 g/mol. The van der Waals surface area contributed by atoms with Crippen LogP contribution in [-0.2, 0) is 20.0 Å². The van der Waals surface area contributed by atoms with Crippen molar-refractivity contribution in [3.63, 3.8) is 0 Å². The number of carbonyl (C=O) groups excluding carboxylic acids is 1. The predicted molar refractivity (Wildman–Crippen MR) is 98.2 cm³/mol. The van der Waals surface area contributed by atoms with Gasteiger partial charge in [-0.15, -0.1) is 0 Å². The Morgan fingerprint density at radius 3 is 2.28 bits per heavy atom. The van der Waals surface area contributed by atoms with Crippen LogP contribution in [0.3, 0.4) is 0 Å². The van der Waals surface area contributed by atoms with E-state index in [2.05, 4.69) is 11.4 Å². The molecule has 0 spiro atoms. The molecule has 132 valence electrons. The van der Waals surface area contributed by atoms with Crippen LogP contribution in [0.5, 0.6) is 0 Å². The summed E-state index contributed by atoms with van der Waals surface area (Å²) in [5.74, 6) is 0.0396. The van der Waals surface area contributed by atoms with Crippen molar-refractivity contribution in [3.05, 3.63) is 65.2 Å². The van der Waals surface area contributed by atoms with Gasteiger partial charge in [-0.3, -0.25) is 4.79 Å². The molecule has 1 saturated carbocycles. The Bertz CT molecular complexity index is 897. The third-order valence-corrected chi connectivity index (χ3v) is 6.04. The fourth-order valence-corrected chi connectivity index (χ4v) is 3.77. The van der Waals surface area contributed by atoms with Crippen LogP contribution in [0, 0.1) is 6.92 Å². The normalized spacial score (nSPS) is 16.9. The smallest absolute Gasteiger partial charge is 0.231 e. The summed E-state index contributed by atoms with van der Waals surface area (Å²) in [7, 11) is -3.21. The minimum atomic E-state index is -3.21. The standard InChI is InChI=1S/C20H23NO3S/c1-14-5-4-6-17(13-14)20(11-12-20)19(22)21-15(2)16-7-9-18(10-8-16)25(3,23)24/h4-10,13,15H,11-12H2,1-3H3,(H,21,22)/t15-/m1/s1. The van der Waals surface area contributed by atoms with Gasteiger partial charge in [0.1, 0.15) is 0 Å². The number of hydrogen-bond acceptors (Lipinski definition) is 3. The number of benzene rings is 2. The molecule has 1 amide bonds. The molecule has 0 saturated heterocycles. The summed E-state index contributed by atoms with van der Waals surface area (Å²) in [6, 6.07) is 14.6. The van der Waals surface area contributed by atoms with E-state index in [1.165, 1.54) is 6.26 Å². The number of nitrogens with one attached hydrogen (secondary N) is 1. The molecule has 0 heterocycles. The largest absolute Gasteiger partial charge is 0.349 e. The van der Waals surface area contributed by atoms with E-state index in [9.17, 15) is 13.2 Å². The average Bonchev–Trinajstić information content (AvgIpc) is 3.36. The maximum absolute atomic E-state index is 12.8.